The van der Waals surface area contributed by atoms with Crippen LogP contribution >= 0.6 is 11.8 Å². The lowest BCUT2D eigenvalue weighted by atomic mass is 9.87. The molecule has 3 fully saturated rings. The molecule has 0 aromatic heterocycles. The van der Waals surface area contributed by atoms with E-state index in [1.165, 1.54) is 21.6 Å². The van der Waals surface area contributed by atoms with Gasteiger partial charge in [-0.25, -0.2) is 4.79 Å². The van der Waals surface area contributed by atoms with E-state index in [9.17, 15) is 24.3 Å². The Bertz CT molecular complexity index is 939. The van der Waals surface area contributed by atoms with Crippen LogP contribution in [0.1, 0.15) is 32.3 Å². The van der Waals surface area contributed by atoms with E-state index in [1.54, 1.807) is 0 Å². The molecule has 32 heavy (non-hydrogen) atoms. The summed E-state index contributed by atoms with van der Waals surface area (Å²) in [5, 5.41) is 10.2. The molecule has 9 nitrogen and oxygen atoms in total. The molecule has 1 aromatic carbocycles. The second-order valence-corrected chi connectivity index (χ2v) is 10.7. The van der Waals surface area contributed by atoms with Gasteiger partial charge in [0.2, 0.25) is 11.8 Å². The monoisotopic (exact) mass is 461 g/mol. The summed E-state index contributed by atoms with van der Waals surface area (Å²) in [6.07, 6.45) is -0.540. The van der Waals surface area contributed by atoms with Crippen molar-refractivity contribution in [1.82, 2.24) is 9.80 Å². The van der Waals surface area contributed by atoms with Crippen LogP contribution in [0.4, 0.5) is 0 Å². The number of thioether (sulfide) groups is 1. The van der Waals surface area contributed by atoms with E-state index in [2.05, 4.69) is 0 Å². The molecule has 10 heteroatoms. The Kier molecular flexibility index (Phi) is 5.93. The lowest BCUT2D eigenvalue weighted by molar-refractivity contribution is -0.175. The van der Waals surface area contributed by atoms with Gasteiger partial charge < -0.3 is 25.4 Å². The van der Waals surface area contributed by atoms with E-state index in [-0.39, 0.29) is 6.61 Å². The Balaban J connectivity index is 1.45. The zero-order chi connectivity index (χ0) is 23.2. The first-order valence-corrected chi connectivity index (χ1v) is 11.5. The molecule has 3 heterocycles. The molecule has 0 saturated carbocycles. The van der Waals surface area contributed by atoms with E-state index in [0.29, 0.717) is 19.4 Å². The van der Waals surface area contributed by atoms with E-state index >= 15 is 0 Å². The zero-order valence-electron chi connectivity index (χ0n) is 18.0. The number of fused-ring (bicyclic) bond motifs is 1. The van der Waals surface area contributed by atoms with Gasteiger partial charge in [-0.2, -0.15) is 0 Å². The van der Waals surface area contributed by atoms with Gasteiger partial charge in [0.1, 0.15) is 30.7 Å². The third kappa shape index (κ3) is 3.75. The maximum absolute atomic E-state index is 13.0. The van der Waals surface area contributed by atoms with Crippen LogP contribution < -0.4 is 5.73 Å². The molecule has 0 radical (unpaired) electrons. The van der Waals surface area contributed by atoms with Crippen LogP contribution in [0.25, 0.3) is 0 Å². The van der Waals surface area contributed by atoms with Crippen molar-refractivity contribution in [1.29, 1.82) is 0 Å². The molecule has 1 aromatic rings. The number of carbonyl (C=O) groups excluding carboxylic acids is 4. The number of aliphatic hydroxyl groups is 1. The highest BCUT2D eigenvalue weighted by Crippen LogP contribution is 2.54. The number of amides is 3. The quantitative estimate of drug-likeness (QED) is 0.459. The van der Waals surface area contributed by atoms with Gasteiger partial charge in [-0.15, -0.1) is 11.8 Å². The van der Waals surface area contributed by atoms with Crippen LogP contribution in [0.15, 0.2) is 30.3 Å². The van der Waals surface area contributed by atoms with Crippen molar-refractivity contribution in [2.75, 3.05) is 6.54 Å². The van der Waals surface area contributed by atoms with Gasteiger partial charge in [0.15, 0.2) is 0 Å². The summed E-state index contributed by atoms with van der Waals surface area (Å²) in [5.41, 5.74) is 6.21. The molecule has 3 amide bonds. The number of aliphatic hydroxyl groups excluding tert-OH is 1. The smallest absolute Gasteiger partial charge is 0.330 e. The van der Waals surface area contributed by atoms with Crippen molar-refractivity contribution in [2.45, 2.75) is 61.6 Å². The Morgan fingerprint density at radius 2 is 1.97 bits per heavy atom. The summed E-state index contributed by atoms with van der Waals surface area (Å²) in [4.78, 5) is 53.0. The van der Waals surface area contributed by atoms with Crippen LogP contribution in [-0.2, 0) is 30.5 Å². The molecule has 3 saturated heterocycles. The first-order valence-electron chi connectivity index (χ1n) is 10.6. The summed E-state index contributed by atoms with van der Waals surface area (Å²) < 4.78 is 4.82. The highest BCUT2D eigenvalue weighted by molar-refractivity contribution is 8.01. The fourth-order valence-electron chi connectivity index (χ4n) is 4.77. The predicted molar refractivity (Wildman–Crippen MR) is 116 cm³/mol. The van der Waals surface area contributed by atoms with Gasteiger partial charge in [0.05, 0.1) is 5.37 Å². The number of hydrogen-bond donors (Lipinski definition) is 2. The number of nitrogens with two attached hydrogens (primary N) is 1. The Morgan fingerprint density at radius 3 is 2.62 bits per heavy atom. The minimum atomic E-state index is -1.59. The van der Waals surface area contributed by atoms with Gasteiger partial charge in [-0.3, -0.25) is 14.4 Å². The average Bonchev–Trinajstić information content (AvgIpc) is 3.33. The number of rotatable bonds is 6. The van der Waals surface area contributed by atoms with Crippen molar-refractivity contribution in [3.8, 4) is 0 Å². The molecule has 4 rings (SSSR count). The maximum atomic E-state index is 13.0. The van der Waals surface area contributed by atoms with Crippen LogP contribution in [0.5, 0.6) is 0 Å². The Hall–Kier alpha value is -2.59. The van der Waals surface area contributed by atoms with Gasteiger partial charge in [-0.1, -0.05) is 30.3 Å². The number of nitrogens with zero attached hydrogens (tertiary/aromatic N) is 2. The minimum absolute atomic E-state index is 0.0949. The standard InChI is InChI=1S/C22H27N3O6S/c1-22(2)16(21(30)31-11-12-7-4-3-5-8-12)25-18(28)14(20(25)32-22)15(26)19(29)24-10-6-9-13(24)17(23)27/h3-5,7-8,13-16,20,26H,6,9-11H2,1-2H3,(H2,23,27)/t13-,14+,15-,16-,20+/m0/s1. The second-order valence-electron chi connectivity index (χ2n) is 8.92. The normalized spacial score (nSPS) is 29.3. The lowest BCUT2D eigenvalue weighted by Gasteiger charge is -2.45. The number of benzene rings is 1. The highest BCUT2D eigenvalue weighted by Gasteiger charge is 2.66. The lowest BCUT2D eigenvalue weighted by Crippen LogP contribution is -2.67. The number of ether oxygens (including phenoxy) is 1. The van der Waals surface area contributed by atoms with Gasteiger partial charge >= 0.3 is 5.97 Å². The number of likely N-dealkylation sites (tertiary alicyclic amines) is 1. The third-order valence-corrected chi connectivity index (χ3v) is 7.98. The number of primary amides is 1. The van der Waals surface area contributed by atoms with Crippen molar-refractivity contribution in [3.05, 3.63) is 35.9 Å². The van der Waals surface area contributed by atoms with Gasteiger partial charge in [0.25, 0.3) is 5.91 Å². The van der Waals surface area contributed by atoms with E-state index < -0.39 is 57.9 Å². The van der Waals surface area contributed by atoms with Crippen molar-refractivity contribution in [3.63, 3.8) is 0 Å². The number of esters is 1. The molecule has 5 atom stereocenters. The van der Waals surface area contributed by atoms with Crippen LogP contribution in [-0.4, -0.2) is 73.5 Å². The predicted octanol–water partition coefficient (Wildman–Crippen LogP) is 0.246. The molecule has 0 bridgehead atoms. The first-order chi connectivity index (χ1) is 15.1. The number of carbonyl (C=O) groups is 4. The van der Waals surface area contributed by atoms with E-state index in [4.69, 9.17) is 10.5 Å². The fourth-order valence-corrected chi connectivity index (χ4v) is 6.48. The summed E-state index contributed by atoms with van der Waals surface area (Å²) >= 11 is 1.36. The molecular formula is C22H27N3O6S. The molecule has 3 N–H and O–H groups in total. The third-order valence-electron chi connectivity index (χ3n) is 6.39. The molecule has 3 aliphatic rings. The Labute approximate surface area is 190 Å². The van der Waals surface area contributed by atoms with Crippen molar-refractivity contribution >= 4 is 35.5 Å². The summed E-state index contributed by atoms with van der Waals surface area (Å²) in [6.45, 7) is 4.09. The van der Waals surface area contributed by atoms with Crippen molar-refractivity contribution in [2.24, 2.45) is 11.7 Å². The molecule has 3 aliphatic heterocycles. The largest absolute Gasteiger partial charge is 0.459 e. The number of β-lactam (4-membered cyclic amide) rings is 1. The first kappa shape index (κ1) is 22.6. The van der Waals surface area contributed by atoms with Gasteiger partial charge in [0, 0.05) is 11.3 Å². The van der Waals surface area contributed by atoms with Crippen LogP contribution in [0.3, 0.4) is 0 Å². The molecule has 0 unspecified atom stereocenters. The van der Waals surface area contributed by atoms with Crippen LogP contribution in [0, 0.1) is 5.92 Å². The molecule has 0 aliphatic carbocycles. The fraction of sp³-hybridized carbons (Fsp3) is 0.545. The molecule has 0 spiro atoms. The summed E-state index contributed by atoms with van der Waals surface area (Å²) in [5.74, 6) is -3.26. The minimum Gasteiger partial charge on any atom is -0.459 e. The van der Waals surface area contributed by atoms with Gasteiger partial charge in [-0.05, 0) is 32.3 Å². The SMILES string of the molecule is CC1(C)S[C@@H]2[C@H]([C@H](O)C(=O)N3CCC[C@H]3C(N)=O)C(=O)N2[C@H]1C(=O)OCc1ccccc1. The average molecular weight is 462 g/mol. The van der Waals surface area contributed by atoms with E-state index in [0.717, 1.165) is 5.56 Å². The Morgan fingerprint density at radius 1 is 1.28 bits per heavy atom. The molecule has 172 valence electrons. The van der Waals surface area contributed by atoms with Crippen LogP contribution in [0.2, 0.25) is 0 Å². The topological polar surface area (TPSA) is 130 Å². The highest BCUT2D eigenvalue weighted by atomic mass is 32.2. The summed E-state index contributed by atoms with van der Waals surface area (Å²) in [6, 6.07) is 7.66. The number of hydrogen-bond acceptors (Lipinski definition) is 7. The molecular weight excluding hydrogens is 434 g/mol. The maximum Gasteiger partial charge on any atom is 0.330 e. The zero-order valence-corrected chi connectivity index (χ0v) is 18.8. The van der Waals surface area contributed by atoms with Crippen molar-refractivity contribution < 1.29 is 29.0 Å². The van der Waals surface area contributed by atoms with E-state index in [1.807, 2.05) is 44.2 Å². The summed E-state index contributed by atoms with van der Waals surface area (Å²) in [7, 11) is 0. The second kappa shape index (κ2) is 8.40.